The predicted molar refractivity (Wildman–Crippen MR) is 101 cm³/mol. The summed E-state index contributed by atoms with van der Waals surface area (Å²) in [6.45, 7) is 2.03. The van der Waals surface area contributed by atoms with Crippen molar-refractivity contribution in [1.29, 1.82) is 0 Å². The second-order valence-corrected chi connectivity index (χ2v) is 8.34. The fourth-order valence-electron chi connectivity index (χ4n) is 3.05. The van der Waals surface area contributed by atoms with E-state index in [1.54, 1.807) is 18.3 Å². The van der Waals surface area contributed by atoms with Crippen LogP contribution in [0, 0.1) is 0 Å². The van der Waals surface area contributed by atoms with Crippen LogP contribution >= 0.6 is 0 Å². The molecule has 7 heteroatoms. The van der Waals surface area contributed by atoms with Gasteiger partial charge in [0.15, 0.2) is 9.84 Å². The molecule has 0 aliphatic rings. The summed E-state index contributed by atoms with van der Waals surface area (Å²) in [5.74, 6) is 0. The number of aromatic nitrogens is 4. The summed E-state index contributed by atoms with van der Waals surface area (Å²) in [6.07, 6.45) is 8.69. The highest BCUT2D eigenvalue weighted by atomic mass is 32.2. The van der Waals surface area contributed by atoms with Crippen LogP contribution in [-0.2, 0) is 9.84 Å². The van der Waals surface area contributed by atoms with Crippen LogP contribution in [-0.4, -0.2) is 34.4 Å². The molecular formula is C19H18N4O2S. The van der Waals surface area contributed by atoms with Crippen molar-refractivity contribution in [2.45, 2.75) is 17.9 Å². The van der Waals surface area contributed by atoms with Crippen LogP contribution in [0.1, 0.15) is 18.5 Å². The molecule has 4 aromatic rings. The average Bonchev–Trinajstić information content (AvgIpc) is 3.29. The molecule has 1 unspecified atom stereocenters. The lowest BCUT2D eigenvalue weighted by Gasteiger charge is -2.13. The standard InChI is InChI=1S/C19H18N4O2S/c1-13(14-3-5-16(6-4-14)26(2,24)25)23-12-15(11-22-23)17-7-9-20-19-18(17)8-10-21-19/h3-13H,1-2H3,(H,20,21). The second kappa shape index (κ2) is 6.10. The molecule has 6 nitrogen and oxygen atoms in total. The Hall–Kier alpha value is -2.93. The molecule has 0 aliphatic heterocycles. The van der Waals surface area contributed by atoms with Gasteiger partial charge in [-0.1, -0.05) is 12.1 Å². The van der Waals surface area contributed by atoms with Gasteiger partial charge in [0.25, 0.3) is 0 Å². The van der Waals surface area contributed by atoms with Crippen molar-refractivity contribution in [1.82, 2.24) is 19.7 Å². The lowest BCUT2D eigenvalue weighted by molar-refractivity contribution is 0.564. The number of H-pyrrole nitrogens is 1. The molecule has 3 aromatic heterocycles. The number of fused-ring (bicyclic) bond motifs is 1. The van der Waals surface area contributed by atoms with Crippen LogP contribution in [0.4, 0.5) is 0 Å². The van der Waals surface area contributed by atoms with Crippen molar-refractivity contribution in [2.24, 2.45) is 0 Å². The van der Waals surface area contributed by atoms with Crippen molar-refractivity contribution < 1.29 is 8.42 Å². The number of nitrogens with zero attached hydrogens (tertiary/aromatic N) is 3. The number of benzene rings is 1. The summed E-state index contributed by atoms with van der Waals surface area (Å²) in [5.41, 5.74) is 3.92. The molecule has 1 atom stereocenters. The molecule has 0 spiro atoms. The summed E-state index contributed by atoms with van der Waals surface area (Å²) >= 11 is 0. The zero-order valence-corrected chi connectivity index (χ0v) is 15.2. The van der Waals surface area contributed by atoms with Gasteiger partial charge in [0.2, 0.25) is 0 Å². The SMILES string of the molecule is CC(c1ccc(S(C)(=O)=O)cc1)n1cc(-c2ccnc3[nH]ccc23)cn1. The van der Waals surface area contributed by atoms with E-state index in [1.807, 2.05) is 54.5 Å². The maximum absolute atomic E-state index is 11.6. The van der Waals surface area contributed by atoms with Crippen molar-refractivity contribution in [3.8, 4) is 11.1 Å². The minimum absolute atomic E-state index is 0.0130. The number of hydrogen-bond acceptors (Lipinski definition) is 4. The predicted octanol–water partition coefficient (Wildman–Crippen LogP) is 3.44. The van der Waals surface area contributed by atoms with Gasteiger partial charge in [-0.15, -0.1) is 0 Å². The normalized spacial score (nSPS) is 13.2. The topological polar surface area (TPSA) is 80.6 Å². The van der Waals surface area contributed by atoms with Crippen molar-refractivity contribution >= 4 is 20.9 Å². The number of hydrogen-bond donors (Lipinski definition) is 1. The van der Waals surface area contributed by atoms with Crippen LogP contribution in [0.2, 0.25) is 0 Å². The first-order chi connectivity index (χ1) is 12.4. The highest BCUT2D eigenvalue weighted by Gasteiger charge is 2.14. The van der Waals surface area contributed by atoms with Gasteiger partial charge >= 0.3 is 0 Å². The number of pyridine rings is 1. The molecule has 0 saturated carbocycles. The molecule has 1 aromatic carbocycles. The molecular weight excluding hydrogens is 348 g/mol. The number of aromatic amines is 1. The molecule has 1 N–H and O–H groups in total. The van der Waals surface area contributed by atoms with E-state index in [0.29, 0.717) is 4.90 Å². The minimum atomic E-state index is -3.19. The number of sulfone groups is 1. The van der Waals surface area contributed by atoms with Crippen LogP contribution in [0.3, 0.4) is 0 Å². The zero-order chi connectivity index (χ0) is 18.3. The molecule has 3 heterocycles. The van der Waals surface area contributed by atoms with Gasteiger partial charge in [-0.05, 0) is 42.3 Å². The van der Waals surface area contributed by atoms with E-state index in [9.17, 15) is 8.42 Å². The Bertz CT molecular complexity index is 1170. The first kappa shape index (κ1) is 16.5. The van der Waals surface area contributed by atoms with Crippen LogP contribution < -0.4 is 0 Å². The monoisotopic (exact) mass is 366 g/mol. The molecule has 0 fully saturated rings. The van der Waals surface area contributed by atoms with Gasteiger partial charge < -0.3 is 4.98 Å². The third-order valence-corrected chi connectivity index (χ3v) is 5.69. The Balaban J connectivity index is 1.66. The van der Waals surface area contributed by atoms with Gasteiger partial charge in [-0.2, -0.15) is 5.10 Å². The first-order valence-corrected chi connectivity index (χ1v) is 10.1. The molecule has 132 valence electrons. The third kappa shape index (κ3) is 2.90. The first-order valence-electron chi connectivity index (χ1n) is 8.20. The largest absolute Gasteiger partial charge is 0.346 e. The Morgan fingerprint density at radius 1 is 1.12 bits per heavy atom. The maximum Gasteiger partial charge on any atom is 0.175 e. The lowest BCUT2D eigenvalue weighted by Crippen LogP contribution is -2.07. The van der Waals surface area contributed by atoms with Crippen molar-refractivity contribution in [3.05, 3.63) is 66.7 Å². The van der Waals surface area contributed by atoms with Crippen molar-refractivity contribution in [2.75, 3.05) is 6.26 Å². The Labute approximate surface area is 151 Å². The van der Waals surface area contributed by atoms with Gasteiger partial charge in [-0.3, -0.25) is 4.68 Å². The molecule has 4 rings (SSSR count). The maximum atomic E-state index is 11.6. The van der Waals surface area contributed by atoms with E-state index in [1.165, 1.54) is 6.26 Å². The Morgan fingerprint density at radius 3 is 2.62 bits per heavy atom. The second-order valence-electron chi connectivity index (χ2n) is 6.32. The molecule has 0 aliphatic carbocycles. The molecule has 0 bridgehead atoms. The third-order valence-electron chi connectivity index (χ3n) is 4.56. The fourth-order valence-corrected chi connectivity index (χ4v) is 3.68. The summed E-state index contributed by atoms with van der Waals surface area (Å²) in [5, 5.41) is 5.55. The van der Waals surface area contributed by atoms with Gasteiger partial charge in [-0.25, -0.2) is 13.4 Å². The fraction of sp³-hybridized carbons (Fsp3) is 0.158. The van der Waals surface area contributed by atoms with Crippen LogP contribution in [0.25, 0.3) is 22.2 Å². The van der Waals surface area contributed by atoms with E-state index < -0.39 is 9.84 Å². The average molecular weight is 366 g/mol. The number of rotatable bonds is 4. The molecule has 0 amide bonds. The molecule has 0 saturated heterocycles. The number of nitrogens with one attached hydrogen (secondary N) is 1. The summed E-state index contributed by atoms with van der Waals surface area (Å²) in [6, 6.07) is 10.9. The summed E-state index contributed by atoms with van der Waals surface area (Å²) in [7, 11) is -3.19. The van der Waals surface area contributed by atoms with E-state index in [-0.39, 0.29) is 6.04 Å². The van der Waals surface area contributed by atoms with Gasteiger partial charge in [0.05, 0.1) is 17.1 Å². The lowest BCUT2D eigenvalue weighted by atomic mass is 10.1. The zero-order valence-electron chi connectivity index (χ0n) is 14.4. The Morgan fingerprint density at radius 2 is 1.88 bits per heavy atom. The quantitative estimate of drug-likeness (QED) is 0.600. The minimum Gasteiger partial charge on any atom is -0.346 e. The summed E-state index contributed by atoms with van der Waals surface area (Å²) in [4.78, 5) is 7.75. The highest BCUT2D eigenvalue weighted by Crippen LogP contribution is 2.28. The van der Waals surface area contributed by atoms with E-state index in [4.69, 9.17) is 0 Å². The smallest absolute Gasteiger partial charge is 0.175 e. The van der Waals surface area contributed by atoms with E-state index >= 15 is 0 Å². The van der Waals surface area contributed by atoms with Gasteiger partial charge in [0.1, 0.15) is 5.65 Å². The summed E-state index contributed by atoms with van der Waals surface area (Å²) < 4.78 is 25.1. The van der Waals surface area contributed by atoms with E-state index in [0.717, 1.165) is 27.7 Å². The van der Waals surface area contributed by atoms with E-state index in [2.05, 4.69) is 15.1 Å². The highest BCUT2D eigenvalue weighted by molar-refractivity contribution is 7.90. The van der Waals surface area contributed by atoms with Crippen LogP contribution in [0.15, 0.2) is 66.1 Å². The van der Waals surface area contributed by atoms with Crippen molar-refractivity contribution in [3.63, 3.8) is 0 Å². The molecule has 26 heavy (non-hydrogen) atoms. The Kier molecular flexibility index (Phi) is 3.88. The van der Waals surface area contributed by atoms with Crippen LogP contribution in [0.5, 0.6) is 0 Å². The van der Waals surface area contributed by atoms with Gasteiger partial charge in [0, 0.05) is 35.8 Å². The molecule has 0 radical (unpaired) electrons.